The number of benzene rings is 2. The number of rotatable bonds is 4. The predicted molar refractivity (Wildman–Crippen MR) is 105 cm³/mol. The Balaban J connectivity index is 2.06. The summed E-state index contributed by atoms with van der Waals surface area (Å²) in [6, 6.07) is 6.60. The lowest BCUT2D eigenvalue weighted by Crippen LogP contribution is -2.54. The number of carbonyl (C=O) groups is 3. The third-order valence-electron chi connectivity index (χ3n) is 3.96. The summed E-state index contributed by atoms with van der Waals surface area (Å²) < 4.78 is 5.19. The molecule has 1 fully saturated rings. The SMILES string of the molecule is COc1c(Cl)cc(Cl)cc1/C=C1\C(=O)NC(=O)N(c2ccc([N+](=O)[O-])cc2)C1=O. The number of ether oxygens (including phenoxy) is 1. The van der Waals surface area contributed by atoms with Crippen LogP contribution in [0.1, 0.15) is 5.56 Å². The molecule has 1 saturated heterocycles. The monoisotopic (exact) mass is 435 g/mol. The molecule has 11 heteroatoms. The molecule has 0 saturated carbocycles. The van der Waals surface area contributed by atoms with Crippen LogP contribution in [0.3, 0.4) is 0 Å². The fourth-order valence-corrected chi connectivity index (χ4v) is 3.26. The molecule has 0 aliphatic carbocycles. The van der Waals surface area contributed by atoms with Crippen LogP contribution in [0.2, 0.25) is 10.0 Å². The molecule has 9 nitrogen and oxygen atoms in total. The maximum atomic E-state index is 12.9. The van der Waals surface area contributed by atoms with Crippen LogP contribution in [-0.2, 0) is 9.59 Å². The van der Waals surface area contributed by atoms with E-state index >= 15 is 0 Å². The van der Waals surface area contributed by atoms with E-state index in [1.54, 1.807) is 0 Å². The standard InChI is InChI=1S/C18H11Cl2N3O6/c1-29-15-9(6-10(19)8-14(15)20)7-13-16(24)21-18(26)22(17(13)25)11-2-4-12(5-3-11)23(27)28/h2-8H,1H3,(H,21,24,26)/b13-7+. The molecule has 0 unspecified atom stereocenters. The van der Waals surface area contributed by atoms with E-state index in [0.717, 1.165) is 12.1 Å². The van der Waals surface area contributed by atoms with Crippen LogP contribution in [0.4, 0.5) is 16.2 Å². The summed E-state index contributed by atoms with van der Waals surface area (Å²) >= 11 is 12.1. The molecule has 29 heavy (non-hydrogen) atoms. The van der Waals surface area contributed by atoms with Crippen molar-refractivity contribution in [1.82, 2.24) is 5.32 Å². The van der Waals surface area contributed by atoms with Crippen molar-refractivity contribution < 1.29 is 24.0 Å². The van der Waals surface area contributed by atoms with Crippen LogP contribution in [0.5, 0.6) is 5.75 Å². The second-order valence-corrected chi connectivity index (χ2v) is 6.59. The average molecular weight is 436 g/mol. The molecular weight excluding hydrogens is 425 g/mol. The van der Waals surface area contributed by atoms with Crippen molar-refractivity contribution in [3.05, 3.63) is 67.7 Å². The van der Waals surface area contributed by atoms with Gasteiger partial charge in [-0.25, -0.2) is 9.69 Å². The molecule has 0 bridgehead atoms. The van der Waals surface area contributed by atoms with Crippen LogP contribution in [0.15, 0.2) is 42.0 Å². The fraction of sp³-hybridized carbons (Fsp3) is 0.0556. The predicted octanol–water partition coefficient (Wildman–Crippen LogP) is 3.58. The van der Waals surface area contributed by atoms with Crippen LogP contribution in [0.25, 0.3) is 6.08 Å². The zero-order valence-corrected chi connectivity index (χ0v) is 16.2. The molecular formula is C18H11Cl2N3O6. The van der Waals surface area contributed by atoms with E-state index < -0.39 is 22.8 Å². The molecule has 0 spiro atoms. The lowest BCUT2D eigenvalue weighted by Gasteiger charge is -2.26. The van der Waals surface area contributed by atoms with Gasteiger partial charge < -0.3 is 4.74 Å². The number of nitrogens with zero attached hydrogens (tertiary/aromatic N) is 2. The first-order valence-electron chi connectivity index (χ1n) is 7.92. The zero-order chi connectivity index (χ0) is 21.3. The summed E-state index contributed by atoms with van der Waals surface area (Å²) in [5, 5.41) is 13.3. The third-order valence-corrected chi connectivity index (χ3v) is 4.46. The van der Waals surface area contributed by atoms with Crippen molar-refractivity contribution in [2.45, 2.75) is 0 Å². The first-order chi connectivity index (χ1) is 13.7. The number of non-ortho nitro benzene ring substituents is 1. The van der Waals surface area contributed by atoms with E-state index in [-0.39, 0.29) is 38.3 Å². The normalized spacial score (nSPS) is 15.5. The van der Waals surface area contributed by atoms with Crippen LogP contribution in [0, 0.1) is 10.1 Å². The van der Waals surface area contributed by atoms with E-state index in [2.05, 4.69) is 5.32 Å². The maximum absolute atomic E-state index is 12.9. The van der Waals surface area contributed by atoms with Crippen molar-refractivity contribution in [3.8, 4) is 5.75 Å². The smallest absolute Gasteiger partial charge is 0.335 e. The Kier molecular flexibility index (Phi) is 5.53. The Morgan fingerprint density at radius 3 is 2.38 bits per heavy atom. The van der Waals surface area contributed by atoms with Gasteiger partial charge in [-0.05, 0) is 30.3 Å². The largest absolute Gasteiger partial charge is 0.495 e. The van der Waals surface area contributed by atoms with Gasteiger partial charge in [-0.15, -0.1) is 0 Å². The highest BCUT2D eigenvalue weighted by molar-refractivity contribution is 6.40. The Labute approximate surface area is 173 Å². The molecule has 0 radical (unpaired) electrons. The zero-order valence-electron chi connectivity index (χ0n) is 14.6. The van der Waals surface area contributed by atoms with Crippen LogP contribution in [-0.4, -0.2) is 29.9 Å². The lowest BCUT2D eigenvalue weighted by molar-refractivity contribution is -0.384. The number of anilines is 1. The van der Waals surface area contributed by atoms with Gasteiger partial charge in [0.25, 0.3) is 17.5 Å². The Morgan fingerprint density at radius 2 is 1.79 bits per heavy atom. The van der Waals surface area contributed by atoms with Crippen LogP contribution < -0.4 is 15.0 Å². The fourth-order valence-electron chi connectivity index (χ4n) is 2.67. The highest BCUT2D eigenvalue weighted by atomic mass is 35.5. The molecule has 1 aliphatic rings. The van der Waals surface area contributed by atoms with Gasteiger partial charge in [0, 0.05) is 22.7 Å². The number of nitrogens with one attached hydrogen (secondary N) is 1. The number of methoxy groups -OCH3 is 1. The molecule has 0 aromatic heterocycles. The van der Waals surface area contributed by atoms with Crippen LogP contribution >= 0.6 is 23.2 Å². The number of hydrogen-bond acceptors (Lipinski definition) is 6. The van der Waals surface area contributed by atoms with Gasteiger partial charge in [0.15, 0.2) is 0 Å². The van der Waals surface area contributed by atoms with Gasteiger partial charge in [0.2, 0.25) is 0 Å². The van der Waals surface area contributed by atoms with Gasteiger partial charge in [-0.3, -0.25) is 25.0 Å². The minimum absolute atomic E-state index is 0.0487. The van der Waals surface area contributed by atoms with Crippen molar-refractivity contribution >= 4 is 58.5 Å². The second-order valence-electron chi connectivity index (χ2n) is 5.74. The van der Waals surface area contributed by atoms with Crippen molar-refractivity contribution in [2.75, 3.05) is 12.0 Å². The van der Waals surface area contributed by atoms with E-state index in [1.165, 1.54) is 37.5 Å². The maximum Gasteiger partial charge on any atom is 0.335 e. The number of urea groups is 1. The second kappa shape index (κ2) is 7.90. The number of hydrogen-bond donors (Lipinski definition) is 1. The van der Waals surface area contributed by atoms with Gasteiger partial charge in [0.05, 0.1) is 22.7 Å². The van der Waals surface area contributed by atoms with E-state index in [4.69, 9.17) is 27.9 Å². The molecule has 2 aromatic carbocycles. The summed E-state index contributed by atoms with van der Waals surface area (Å²) in [5.41, 5.74) is -0.294. The Morgan fingerprint density at radius 1 is 1.14 bits per heavy atom. The first-order valence-corrected chi connectivity index (χ1v) is 8.67. The van der Waals surface area contributed by atoms with Crippen molar-refractivity contribution in [2.24, 2.45) is 0 Å². The summed E-state index contributed by atoms with van der Waals surface area (Å²) in [6.45, 7) is 0. The molecule has 1 N–H and O–H groups in total. The summed E-state index contributed by atoms with van der Waals surface area (Å²) in [5.74, 6) is -1.66. The summed E-state index contributed by atoms with van der Waals surface area (Å²) in [7, 11) is 1.35. The van der Waals surface area contributed by atoms with Gasteiger partial charge in [-0.2, -0.15) is 0 Å². The van der Waals surface area contributed by atoms with Gasteiger partial charge in [0.1, 0.15) is 11.3 Å². The average Bonchev–Trinajstić information content (AvgIpc) is 2.65. The molecule has 1 heterocycles. The quantitative estimate of drug-likeness (QED) is 0.339. The minimum Gasteiger partial charge on any atom is -0.495 e. The Hall–Kier alpha value is -3.43. The number of carbonyl (C=O) groups excluding carboxylic acids is 3. The Bertz CT molecular complexity index is 1080. The number of imide groups is 2. The van der Waals surface area contributed by atoms with Crippen molar-refractivity contribution in [3.63, 3.8) is 0 Å². The molecule has 2 aromatic rings. The topological polar surface area (TPSA) is 119 Å². The van der Waals surface area contributed by atoms with Gasteiger partial charge in [-0.1, -0.05) is 23.2 Å². The molecule has 148 valence electrons. The third kappa shape index (κ3) is 3.91. The highest BCUT2D eigenvalue weighted by Crippen LogP contribution is 2.34. The minimum atomic E-state index is -0.984. The van der Waals surface area contributed by atoms with E-state index in [9.17, 15) is 24.5 Å². The summed E-state index contributed by atoms with van der Waals surface area (Å²) in [6.07, 6.45) is 1.19. The molecule has 4 amide bonds. The first kappa shape index (κ1) is 20.3. The highest BCUT2D eigenvalue weighted by Gasteiger charge is 2.37. The summed E-state index contributed by atoms with van der Waals surface area (Å²) in [4.78, 5) is 48.2. The lowest BCUT2D eigenvalue weighted by atomic mass is 10.1. The number of nitro benzene ring substituents is 1. The van der Waals surface area contributed by atoms with E-state index in [0.29, 0.717) is 4.90 Å². The number of halogens is 2. The number of amides is 4. The van der Waals surface area contributed by atoms with E-state index in [1.807, 2.05) is 0 Å². The number of barbiturate groups is 1. The van der Waals surface area contributed by atoms with Crippen molar-refractivity contribution in [1.29, 1.82) is 0 Å². The molecule has 3 rings (SSSR count). The molecule has 0 atom stereocenters. The number of nitro groups is 1. The molecule has 1 aliphatic heterocycles. The van der Waals surface area contributed by atoms with Gasteiger partial charge >= 0.3 is 6.03 Å².